The van der Waals surface area contributed by atoms with Crippen molar-refractivity contribution in [1.82, 2.24) is 5.32 Å². The SMILES string of the molecule is Cl.Nc1ccc(CC(=O)NC2CCCC2)cc1. The summed E-state index contributed by atoms with van der Waals surface area (Å²) in [5, 5.41) is 3.07. The van der Waals surface area contributed by atoms with Crippen LogP contribution in [0.15, 0.2) is 24.3 Å². The molecule has 0 saturated heterocycles. The molecule has 0 aromatic heterocycles. The number of halogens is 1. The largest absolute Gasteiger partial charge is 0.399 e. The molecule has 0 spiro atoms. The minimum Gasteiger partial charge on any atom is -0.399 e. The molecule has 0 radical (unpaired) electrons. The zero-order valence-corrected chi connectivity index (χ0v) is 10.6. The highest BCUT2D eigenvalue weighted by molar-refractivity contribution is 5.85. The number of amides is 1. The number of hydrogen-bond donors (Lipinski definition) is 2. The number of rotatable bonds is 3. The standard InChI is InChI=1S/C13H18N2O.ClH/c14-11-7-5-10(6-8-11)9-13(16)15-12-3-1-2-4-12;/h5-8,12H,1-4,9,14H2,(H,15,16);1H. The van der Waals surface area contributed by atoms with E-state index < -0.39 is 0 Å². The lowest BCUT2D eigenvalue weighted by Crippen LogP contribution is -2.33. The van der Waals surface area contributed by atoms with Gasteiger partial charge in [0.15, 0.2) is 0 Å². The zero-order valence-electron chi connectivity index (χ0n) is 9.82. The first-order chi connectivity index (χ1) is 7.74. The predicted octanol–water partition coefficient (Wildman–Crippen LogP) is 2.29. The zero-order chi connectivity index (χ0) is 11.4. The lowest BCUT2D eigenvalue weighted by molar-refractivity contribution is -0.121. The maximum Gasteiger partial charge on any atom is 0.224 e. The van der Waals surface area contributed by atoms with Crippen molar-refractivity contribution in [2.45, 2.75) is 38.1 Å². The maximum atomic E-state index is 11.7. The molecule has 1 aromatic rings. The quantitative estimate of drug-likeness (QED) is 0.814. The Morgan fingerprint density at radius 2 is 1.82 bits per heavy atom. The summed E-state index contributed by atoms with van der Waals surface area (Å²) in [6.07, 6.45) is 5.21. The second-order valence-electron chi connectivity index (χ2n) is 4.47. The van der Waals surface area contributed by atoms with Crippen LogP contribution in [0.2, 0.25) is 0 Å². The van der Waals surface area contributed by atoms with Gasteiger partial charge in [-0.05, 0) is 30.5 Å². The molecule has 17 heavy (non-hydrogen) atoms. The molecule has 94 valence electrons. The minimum atomic E-state index is 0. The Hall–Kier alpha value is -1.22. The molecule has 0 unspecified atom stereocenters. The number of nitrogens with one attached hydrogen (secondary N) is 1. The van der Waals surface area contributed by atoms with Gasteiger partial charge in [0, 0.05) is 11.7 Å². The summed E-state index contributed by atoms with van der Waals surface area (Å²) in [5.41, 5.74) is 7.34. The summed E-state index contributed by atoms with van der Waals surface area (Å²) in [5.74, 6) is 0.122. The molecule has 0 heterocycles. The van der Waals surface area contributed by atoms with Crippen molar-refractivity contribution in [2.24, 2.45) is 0 Å². The van der Waals surface area contributed by atoms with Crippen molar-refractivity contribution in [3.8, 4) is 0 Å². The number of carbonyl (C=O) groups is 1. The van der Waals surface area contributed by atoms with Gasteiger partial charge in [-0.3, -0.25) is 4.79 Å². The molecular weight excluding hydrogens is 236 g/mol. The van der Waals surface area contributed by atoms with Crippen LogP contribution < -0.4 is 11.1 Å². The smallest absolute Gasteiger partial charge is 0.224 e. The molecule has 1 aliphatic rings. The summed E-state index contributed by atoms with van der Waals surface area (Å²) in [4.78, 5) is 11.7. The fourth-order valence-corrected chi connectivity index (χ4v) is 2.17. The van der Waals surface area contributed by atoms with Crippen molar-refractivity contribution in [2.75, 3.05) is 5.73 Å². The second-order valence-corrected chi connectivity index (χ2v) is 4.47. The summed E-state index contributed by atoms with van der Waals surface area (Å²) in [7, 11) is 0. The molecule has 3 N–H and O–H groups in total. The van der Waals surface area contributed by atoms with Crippen molar-refractivity contribution in [3.05, 3.63) is 29.8 Å². The Kier molecular flexibility index (Phi) is 5.29. The highest BCUT2D eigenvalue weighted by Crippen LogP contribution is 2.17. The van der Waals surface area contributed by atoms with Crippen LogP contribution in [0.3, 0.4) is 0 Å². The van der Waals surface area contributed by atoms with Crippen LogP contribution >= 0.6 is 12.4 Å². The second kappa shape index (κ2) is 6.50. The Balaban J connectivity index is 0.00000144. The van der Waals surface area contributed by atoms with Crippen molar-refractivity contribution < 1.29 is 4.79 Å². The fourth-order valence-electron chi connectivity index (χ4n) is 2.17. The Morgan fingerprint density at radius 1 is 1.24 bits per heavy atom. The van der Waals surface area contributed by atoms with E-state index in [4.69, 9.17) is 5.73 Å². The number of nitrogens with two attached hydrogens (primary N) is 1. The lowest BCUT2D eigenvalue weighted by Gasteiger charge is -2.11. The molecule has 1 aliphatic carbocycles. The summed E-state index contributed by atoms with van der Waals surface area (Å²) >= 11 is 0. The fraction of sp³-hybridized carbons (Fsp3) is 0.462. The average molecular weight is 255 g/mol. The van der Waals surface area contributed by atoms with Gasteiger partial charge in [0.1, 0.15) is 0 Å². The first-order valence-electron chi connectivity index (χ1n) is 5.88. The molecule has 1 fully saturated rings. The van der Waals surface area contributed by atoms with Crippen molar-refractivity contribution in [1.29, 1.82) is 0 Å². The van der Waals surface area contributed by atoms with Crippen LogP contribution in [0.5, 0.6) is 0 Å². The molecule has 0 atom stereocenters. The predicted molar refractivity (Wildman–Crippen MR) is 72.2 cm³/mol. The van der Waals surface area contributed by atoms with E-state index >= 15 is 0 Å². The molecule has 0 bridgehead atoms. The summed E-state index contributed by atoms with van der Waals surface area (Å²) < 4.78 is 0. The third kappa shape index (κ3) is 4.27. The van der Waals surface area contributed by atoms with E-state index in [0.29, 0.717) is 12.5 Å². The normalized spacial score (nSPS) is 15.3. The molecule has 0 aliphatic heterocycles. The van der Waals surface area contributed by atoms with Crippen LogP contribution in [-0.4, -0.2) is 11.9 Å². The first kappa shape index (κ1) is 13.8. The third-order valence-corrected chi connectivity index (χ3v) is 3.06. The average Bonchev–Trinajstić information content (AvgIpc) is 2.74. The topological polar surface area (TPSA) is 55.1 Å². The van der Waals surface area contributed by atoms with Gasteiger partial charge in [-0.1, -0.05) is 25.0 Å². The van der Waals surface area contributed by atoms with Crippen molar-refractivity contribution >= 4 is 24.0 Å². The minimum absolute atomic E-state index is 0. The van der Waals surface area contributed by atoms with Gasteiger partial charge in [-0.15, -0.1) is 12.4 Å². The van der Waals surface area contributed by atoms with Gasteiger partial charge < -0.3 is 11.1 Å². The van der Waals surface area contributed by atoms with Gasteiger partial charge in [-0.25, -0.2) is 0 Å². The van der Waals surface area contributed by atoms with Crippen molar-refractivity contribution in [3.63, 3.8) is 0 Å². The monoisotopic (exact) mass is 254 g/mol. The Bertz CT molecular complexity index is 358. The molecular formula is C13H19ClN2O. The highest BCUT2D eigenvalue weighted by atomic mass is 35.5. The van der Waals surface area contributed by atoms with Gasteiger partial charge in [0.25, 0.3) is 0 Å². The third-order valence-electron chi connectivity index (χ3n) is 3.06. The van der Waals surface area contributed by atoms with Crippen LogP contribution in [0.1, 0.15) is 31.2 Å². The number of anilines is 1. The van der Waals surface area contributed by atoms with Gasteiger partial charge >= 0.3 is 0 Å². The Morgan fingerprint density at radius 3 is 2.41 bits per heavy atom. The molecule has 2 rings (SSSR count). The number of benzene rings is 1. The van der Waals surface area contributed by atoms with E-state index in [-0.39, 0.29) is 18.3 Å². The molecule has 1 aromatic carbocycles. The van der Waals surface area contributed by atoms with Gasteiger partial charge in [-0.2, -0.15) is 0 Å². The van der Waals surface area contributed by atoms with E-state index in [1.807, 2.05) is 24.3 Å². The van der Waals surface area contributed by atoms with Crippen LogP contribution in [0, 0.1) is 0 Å². The highest BCUT2D eigenvalue weighted by Gasteiger charge is 2.16. The van der Waals surface area contributed by atoms with E-state index in [1.54, 1.807) is 0 Å². The maximum absolute atomic E-state index is 11.7. The van der Waals surface area contributed by atoms with Gasteiger partial charge in [0.2, 0.25) is 5.91 Å². The molecule has 4 heteroatoms. The first-order valence-corrected chi connectivity index (χ1v) is 5.88. The van der Waals surface area contributed by atoms with E-state index in [1.165, 1.54) is 12.8 Å². The molecule has 1 saturated carbocycles. The summed E-state index contributed by atoms with van der Waals surface area (Å²) in [6.45, 7) is 0. The van der Waals surface area contributed by atoms with Crippen LogP contribution in [0.4, 0.5) is 5.69 Å². The van der Waals surface area contributed by atoms with E-state index in [0.717, 1.165) is 24.1 Å². The number of carbonyl (C=O) groups excluding carboxylic acids is 1. The molecule has 1 amide bonds. The van der Waals surface area contributed by atoms with E-state index in [2.05, 4.69) is 5.32 Å². The van der Waals surface area contributed by atoms with E-state index in [9.17, 15) is 4.79 Å². The summed E-state index contributed by atoms with van der Waals surface area (Å²) in [6, 6.07) is 7.88. The van der Waals surface area contributed by atoms with Crippen LogP contribution in [-0.2, 0) is 11.2 Å². The lowest BCUT2D eigenvalue weighted by atomic mass is 10.1. The Labute approximate surface area is 108 Å². The number of hydrogen-bond acceptors (Lipinski definition) is 2. The molecule has 3 nitrogen and oxygen atoms in total. The van der Waals surface area contributed by atoms with Crippen LogP contribution in [0.25, 0.3) is 0 Å². The number of nitrogen functional groups attached to an aromatic ring is 1. The van der Waals surface area contributed by atoms with Gasteiger partial charge in [0.05, 0.1) is 6.42 Å².